The Morgan fingerprint density at radius 1 is 1.07 bits per heavy atom. The van der Waals surface area contributed by atoms with Gasteiger partial charge in [0.05, 0.1) is 0 Å². The summed E-state index contributed by atoms with van der Waals surface area (Å²) in [7, 11) is -9.76. The Bertz CT molecular complexity index is 1150. The Balaban J connectivity index is 1.81. The SMILES string of the molecule is C[C@@H](CC(=O)c1cc(=O)[nH]c(-c2ncccn2)n1)c1ccc(S(F)(F)(F)(F)F)cc1. The topological polar surface area (TPSA) is 88.6 Å². The van der Waals surface area contributed by atoms with E-state index in [-0.39, 0.29) is 29.3 Å². The Hall–Kier alpha value is -3.15. The van der Waals surface area contributed by atoms with Crippen molar-refractivity contribution in [2.75, 3.05) is 0 Å². The van der Waals surface area contributed by atoms with Gasteiger partial charge in [-0.1, -0.05) is 38.5 Å². The minimum atomic E-state index is -9.76. The van der Waals surface area contributed by atoms with Gasteiger partial charge in [-0.3, -0.25) is 9.59 Å². The van der Waals surface area contributed by atoms with E-state index >= 15 is 0 Å². The lowest BCUT2D eigenvalue weighted by molar-refractivity contribution is 0.0970. The summed E-state index contributed by atoms with van der Waals surface area (Å²) < 4.78 is 64.1. The number of halogens is 5. The third kappa shape index (κ3) is 5.06. The molecular formula is C18H15F5N4O2S. The molecule has 0 amide bonds. The number of carbonyl (C=O) groups excluding carboxylic acids is 1. The minimum absolute atomic E-state index is 0.0145. The van der Waals surface area contributed by atoms with Crippen LogP contribution in [0.4, 0.5) is 19.4 Å². The van der Waals surface area contributed by atoms with Crippen molar-refractivity contribution in [2.45, 2.75) is 24.2 Å². The van der Waals surface area contributed by atoms with E-state index in [0.29, 0.717) is 12.1 Å². The molecule has 0 aliphatic heterocycles. The zero-order chi connectivity index (χ0) is 22.2. The fraction of sp³-hybridized carbons (Fsp3) is 0.167. The van der Waals surface area contributed by atoms with E-state index in [1.165, 1.54) is 12.4 Å². The van der Waals surface area contributed by atoms with Crippen molar-refractivity contribution >= 4 is 16.0 Å². The first-order valence-corrected chi connectivity index (χ1v) is 10.4. The van der Waals surface area contributed by atoms with Gasteiger partial charge in [0.2, 0.25) is 0 Å². The number of nitrogens with zero attached hydrogens (tertiary/aromatic N) is 3. The lowest BCUT2D eigenvalue weighted by Crippen LogP contribution is -2.16. The molecule has 1 N–H and O–H groups in total. The molecule has 2 aromatic heterocycles. The maximum absolute atomic E-state index is 12.8. The molecule has 0 fully saturated rings. The lowest BCUT2D eigenvalue weighted by atomic mass is 9.95. The van der Waals surface area contributed by atoms with Gasteiger partial charge in [0.25, 0.3) is 5.56 Å². The first kappa shape index (κ1) is 21.6. The predicted molar refractivity (Wildman–Crippen MR) is 101 cm³/mol. The summed E-state index contributed by atoms with van der Waals surface area (Å²) in [5, 5.41) is 0. The van der Waals surface area contributed by atoms with Gasteiger partial charge in [0, 0.05) is 24.9 Å². The van der Waals surface area contributed by atoms with E-state index in [2.05, 4.69) is 19.9 Å². The molecule has 3 rings (SSSR count). The van der Waals surface area contributed by atoms with Crippen LogP contribution in [0.15, 0.2) is 58.5 Å². The first-order chi connectivity index (χ1) is 13.7. The van der Waals surface area contributed by atoms with Crippen LogP contribution in [0.2, 0.25) is 0 Å². The standard InChI is InChI=1S/C18H15F5N4O2S/c1-11(12-3-5-13(6-4-12)30(19,20,21,22)23)9-15(28)14-10-16(29)27-18(26-14)17-24-7-2-8-25-17/h2-8,10-11H,9H2,1H3,(H,26,27,29)/t11-/m0/s1. The predicted octanol–water partition coefficient (Wildman–Crippen LogP) is 5.26. The van der Waals surface area contributed by atoms with Gasteiger partial charge >= 0.3 is 10.2 Å². The normalized spacial score (nSPS) is 15.1. The van der Waals surface area contributed by atoms with E-state index in [1.54, 1.807) is 13.0 Å². The number of carbonyl (C=O) groups is 1. The number of hydrogen-bond donors (Lipinski definition) is 1. The van der Waals surface area contributed by atoms with Crippen LogP contribution >= 0.6 is 10.2 Å². The van der Waals surface area contributed by atoms with Crippen molar-refractivity contribution in [2.24, 2.45) is 0 Å². The van der Waals surface area contributed by atoms with Crippen molar-refractivity contribution in [1.29, 1.82) is 0 Å². The third-order valence-electron chi connectivity index (χ3n) is 4.19. The summed E-state index contributed by atoms with van der Waals surface area (Å²) >= 11 is 0. The van der Waals surface area contributed by atoms with Gasteiger partial charge in [0.15, 0.2) is 17.4 Å². The number of Topliss-reactive ketones (excluding diaryl/α,β-unsaturated/α-hetero) is 1. The average molecular weight is 446 g/mol. The third-order valence-corrected chi connectivity index (χ3v) is 5.35. The molecule has 1 aromatic carbocycles. The largest absolute Gasteiger partial charge is 0.310 e. The Morgan fingerprint density at radius 3 is 2.23 bits per heavy atom. The van der Waals surface area contributed by atoms with Crippen LogP contribution in [0.3, 0.4) is 0 Å². The fourth-order valence-electron chi connectivity index (χ4n) is 2.68. The number of hydrogen-bond acceptors (Lipinski definition) is 5. The minimum Gasteiger partial charge on any atom is -0.304 e. The molecule has 2 heterocycles. The Kier molecular flexibility index (Phi) is 4.81. The van der Waals surface area contributed by atoms with E-state index in [0.717, 1.165) is 18.2 Å². The number of ketones is 1. The second-order valence-corrected chi connectivity index (χ2v) is 9.03. The number of H-pyrrole nitrogens is 1. The summed E-state index contributed by atoms with van der Waals surface area (Å²) in [6.45, 7) is 1.54. The van der Waals surface area contributed by atoms with Crippen LogP contribution in [0.25, 0.3) is 11.6 Å². The first-order valence-electron chi connectivity index (χ1n) is 8.49. The second kappa shape index (κ2) is 6.69. The average Bonchev–Trinajstić information content (AvgIpc) is 2.66. The fourth-order valence-corrected chi connectivity index (χ4v) is 3.33. The molecule has 12 heteroatoms. The zero-order valence-electron chi connectivity index (χ0n) is 15.4. The number of benzene rings is 1. The maximum Gasteiger partial charge on any atom is 0.310 e. The molecular weight excluding hydrogens is 431 g/mol. The molecule has 3 aromatic rings. The van der Waals surface area contributed by atoms with E-state index in [1.807, 2.05) is 0 Å². The van der Waals surface area contributed by atoms with Crippen LogP contribution in [-0.2, 0) is 0 Å². The molecule has 0 saturated carbocycles. The summed E-state index contributed by atoms with van der Waals surface area (Å²) in [5.74, 6) is -1.08. The summed E-state index contributed by atoms with van der Waals surface area (Å²) in [6, 6.07) is 4.94. The molecule has 0 radical (unpaired) electrons. The summed E-state index contributed by atoms with van der Waals surface area (Å²) in [4.78, 5) is 36.7. The molecule has 0 aliphatic rings. The van der Waals surface area contributed by atoms with Crippen LogP contribution in [-0.4, -0.2) is 25.7 Å². The van der Waals surface area contributed by atoms with Crippen molar-refractivity contribution in [3.63, 3.8) is 0 Å². The van der Waals surface area contributed by atoms with Gasteiger partial charge in [-0.05, 0) is 29.7 Å². The quantitative estimate of drug-likeness (QED) is 0.412. The highest BCUT2D eigenvalue weighted by molar-refractivity contribution is 8.45. The summed E-state index contributed by atoms with van der Waals surface area (Å²) in [6.07, 6.45) is 2.64. The lowest BCUT2D eigenvalue weighted by Gasteiger charge is -2.40. The number of rotatable bonds is 6. The molecule has 0 aliphatic carbocycles. The van der Waals surface area contributed by atoms with Crippen LogP contribution in [0, 0.1) is 0 Å². The molecule has 0 bridgehead atoms. The smallest absolute Gasteiger partial charge is 0.304 e. The highest BCUT2D eigenvalue weighted by Gasteiger charge is 2.65. The van der Waals surface area contributed by atoms with E-state index in [9.17, 15) is 29.0 Å². The summed E-state index contributed by atoms with van der Waals surface area (Å²) in [5.41, 5.74) is -0.522. The second-order valence-electron chi connectivity index (χ2n) is 6.62. The maximum atomic E-state index is 12.8. The van der Waals surface area contributed by atoms with Crippen LogP contribution < -0.4 is 5.56 Å². The molecule has 0 saturated heterocycles. The number of aromatic amines is 1. The van der Waals surface area contributed by atoms with Gasteiger partial charge in [-0.25, -0.2) is 15.0 Å². The van der Waals surface area contributed by atoms with Crippen molar-refractivity contribution in [3.05, 3.63) is 70.4 Å². The number of aromatic nitrogens is 4. The molecule has 160 valence electrons. The van der Waals surface area contributed by atoms with Gasteiger partial charge < -0.3 is 4.98 Å². The van der Waals surface area contributed by atoms with Gasteiger partial charge in [-0.15, -0.1) is 0 Å². The molecule has 1 atom stereocenters. The van der Waals surface area contributed by atoms with E-state index in [4.69, 9.17) is 0 Å². The van der Waals surface area contributed by atoms with E-state index < -0.39 is 32.4 Å². The van der Waals surface area contributed by atoms with Gasteiger partial charge in [-0.2, -0.15) is 0 Å². The Morgan fingerprint density at radius 2 is 1.67 bits per heavy atom. The zero-order valence-corrected chi connectivity index (χ0v) is 16.2. The van der Waals surface area contributed by atoms with Gasteiger partial charge in [0.1, 0.15) is 10.6 Å². The molecule has 30 heavy (non-hydrogen) atoms. The highest BCUT2D eigenvalue weighted by Crippen LogP contribution is 3.02. The highest BCUT2D eigenvalue weighted by atomic mass is 32.5. The number of nitrogens with one attached hydrogen (secondary N) is 1. The Labute approximate surface area is 167 Å². The van der Waals surface area contributed by atoms with Crippen molar-refractivity contribution in [3.8, 4) is 11.6 Å². The monoisotopic (exact) mass is 446 g/mol. The van der Waals surface area contributed by atoms with Crippen molar-refractivity contribution < 1.29 is 24.2 Å². The van der Waals surface area contributed by atoms with Crippen molar-refractivity contribution in [1.82, 2.24) is 19.9 Å². The van der Waals surface area contributed by atoms with Crippen LogP contribution in [0.5, 0.6) is 0 Å². The van der Waals surface area contributed by atoms with Crippen LogP contribution in [0.1, 0.15) is 35.3 Å². The molecule has 0 unspecified atom stereocenters. The molecule has 6 nitrogen and oxygen atoms in total. The molecule has 0 spiro atoms.